The fourth-order valence-electron chi connectivity index (χ4n) is 2.75. The smallest absolute Gasteiger partial charge is 0.278 e. The lowest BCUT2D eigenvalue weighted by Gasteiger charge is -2.14. The molecule has 2 amide bonds. The second-order valence-corrected chi connectivity index (χ2v) is 8.17. The molecule has 3 rings (SSSR count). The molecule has 1 aromatic heterocycles. The largest absolute Gasteiger partial charge is 0.326 e. The minimum atomic E-state index is -0.488. The van der Waals surface area contributed by atoms with E-state index >= 15 is 0 Å². The van der Waals surface area contributed by atoms with Gasteiger partial charge in [0.2, 0.25) is 11.8 Å². The second-order valence-electron chi connectivity index (χ2n) is 6.55. The zero-order valence-corrected chi connectivity index (χ0v) is 18.4. The van der Waals surface area contributed by atoms with Crippen LogP contribution >= 0.6 is 23.4 Å². The molecular formula is C21H20ClN5O3S. The molecule has 31 heavy (non-hydrogen) atoms. The number of carbonyl (C=O) groups excluding carboxylic acids is 2. The Kier molecular flexibility index (Phi) is 7.43. The third kappa shape index (κ3) is 5.93. The fraction of sp³-hybridized carbons (Fsp3) is 0.190. The molecule has 3 N–H and O–H groups in total. The van der Waals surface area contributed by atoms with Crippen LogP contribution in [0, 0.1) is 0 Å². The van der Waals surface area contributed by atoms with Crippen molar-refractivity contribution >= 4 is 46.6 Å². The first-order valence-electron chi connectivity index (χ1n) is 9.44. The van der Waals surface area contributed by atoms with Crippen molar-refractivity contribution in [1.82, 2.24) is 15.2 Å². The number of H-pyrrole nitrogens is 1. The molecule has 3 aromatic rings. The van der Waals surface area contributed by atoms with Crippen molar-refractivity contribution in [2.45, 2.75) is 30.7 Å². The number of hydrogen-bond acceptors (Lipinski definition) is 6. The second kappa shape index (κ2) is 10.2. The van der Waals surface area contributed by atoms with Gasteiger partial charge in [-0.2, -0.15) is 0 Å². The Balaban J connectivity index is 1.78. The van der Waals surface area contributed by atoms with E-state index in [0.29, 0.717) is 28.4 Å². The Morgan fingerprint density at radius 2 is 1.81 bits per heavy atom. The van der Waals surface area contributed by atoms with Crippen molar-refractivity contribution < 1.29 is 9.59 Å². The van der Waals surface area contributed by atoms with E-state index in [1.807, 2.05) is 6.92 Å². The summed E-state index contributed by atoms with van der Waals surface area (Å²) in [6.07, 6.45) is 0.515. The quantitative estimate of drug-likeness (QED) is 0.462. The summed E-state index contributed by atoms with van der Waals surface area (Å²) >= 11 is 6.98. The first-order valence-corrected chi connectivity index (χ1v) is 10.7. The lowest BCUT2D eigenvalue weighted by Crippen LogP contribution is -2.25. The molecule has 0 bridgehead atoms. The lowest BCUT2D eigenvalue weighted by molar-refractivity contribution is -0.116. The summed E-state index contributed by atoms with van der Waals surface area (Å²) in [6, 6.07) is 13.6. The fourth-order valence-corrected chi connectivity index (χ4v) is 3.72. The SMILES string of the molecule is CC[C@H](Sc1nnc(-c2ccccc2NC(C)=O)c(=O)[nH]1)C(=O)Nc1ccc(Cl)cc1. The van der Waals surface area contributed by atoms with Gasteiger partial charge in [0.05, 0.1) is 10.9 Å². The third-order valence-corrected chi connectivity index (χ3v) is 5.69. The van der Waals surface area contributed by atoms with Crippen molar-refractivity contribution in [2.24, 2.45) is 0 Å². The summed E-state index contributed by atoms with van der Waals surface area (Å²) in [6.45, 7) is 3.25. The van der Waals surface area contributed by atoms with E-state index in [2.05, 4.69) is 25.8 Å². The molecule has 0 saturated carbocycles. The molecule has 1 heterocycles. The molecule has 8 nitrogen and oxygen atoms in total. The molecule has 0 spiro atoms. The van der Waals surface area contributed by atoms with Crippen LogP contribution in [0.3, 0.4) is 0 Å². The van der Waals surface area contributed by atoms with Crippen molar-refractivity contribution in [3.63, 3.8) is 0 Å². The van der Waals surface area contributed by atoms with E-state index in [4.69, 9.17) is 11.6 Å². The number of benzene rings is 2. The number of nitrogens with zero attached hydrogens (tertiary/aromatic N) is 2. The van der Waals surface area contributed by atoms with E-state index < -0.39 is 10.8 Å². The van der Waals surface area contributed by atoms with Crippen LogP contribution in [0.25, 0.3) is 11.3 Å². The minimum Gasteiger partial charge on any atom is -0.326 e. The van der Waals surface area contributed by atoms with Gasteiger partial charge in [-0.3, -0.25) is 19.4 Å². The van der Waals surface area contributed by atoms with Crippen LogP contribution in [0.1, 0.15) is 20.3 Å². The van der Waals surface area contributed by atoms with Crippen molar-refractivity contribution in [2.75, 3.05) is 10.6 Å². The number of para-hydroxylation sites is 1. The zero-order chi connectivity index (χ0) is 22.4. The van der Waals surface area contributed by atoms with Crippen LogP contribution < -0.4 is 16.2 Å². The summed E-state index contributed by atoms with van der Waals surface area (Å²) in [5, 5.41) is 13.9. The molecule has 0 aliphatic carbocycles. The molecule has 160 valence electrons. The number of anilines is 2. The average Bonchev–Trinajstić information content (AvgIpc) is 2.74. The average molecular weight is 458 g/mol. The molecule has 0 fully saturated rings. The predicted molar refractivity (Wildman–Crippen MR) is 122 cm³/mol. The summed E-state index contributed by atoms with van der Waals surface area (Å²) in [5.41, 5.74) is 1.15. The maximum Gasteiger partial charge on any atom is 0.278 e. The van der Waals surface area contributed by atoms with E-state index in [9.17, 15) is 14.4 Å². The number of carbonyl (C=O) groups is 2. The molecule has 2 aromatic carbocycles. The van der Waals surface area contributed by atoms with Crippen molar-refractivity contribution in [3.8, 4) is 11.3 Å². The van der Waals surface area contributed by atoms with Crippen LogP contribution in [-0.2, 0) is 9.59 Å². The van der Waals surface area contributed by atoms with Gasteiger partial charge in [-0.25, -0.2) is 0 Å². The van der Waals surface area contributed by atoms with Crippen molar-refractivity contribution in [1.29, 1.82) is 0 Å². The van der Waals surface area contributed by atoms with Crippen LogP contribution in [0.2, 0.25) is 5.02 Å². The van der Waals surface area contributed by atoms with E-state index in [1.54, 1.807) is 48.5 Å². The van der Waals surface area contributed by atoms with E-state index in [0.717, 1.165) is 11.8 Å². The van der Waals surface area contributed by atoms with Gasteiger partial charge in [-0.15, -0.1) is 10.2 Å². The number of nitrogens with one attached hydrogen (secondary N) is 3. The summed E-state index contributed by atoms with van der Waals surface area (Å²) in [7, 11) is 0. The predicted octanol–water partition coefficient (Wildman–Crippen LogP) is 3.95. The monoisotopic (exact) mass is 457 g/mol. The van der Waals surface area contributed by atoms with Crippen LogP contribution in [0.15, 0.2) is 58.5 Å². The first kappa shape index (κ1) is 22.5. The molecule has 0 unspecified atom stereocenters. The number of amides is 2. The Labute approximate surface area is 187 Å². The number of aromatic nitrogens is 3. The van der Waals surface area contributed by atoms with E-state index in [1.165, 1.54) is 6.92 Å². The van der Waals surface area contributed by atoms with Gasteiger partial charge in [-0.1, -0.05) is 48.5 Å². The van der Waals surface area contributed by atoms with Crippen LogP contribution in [-0.4, -0.2) is 32.2 Å². The number of hydrogen-bond donors (Lipinski definition) is 3. The highest BCUT2D eigenvalue weighted by Gasteiger charge is 2.21. The summed E-state index contributed by atoms with van der Waals surface area (Å²) in [4.78, 5) is 39.3. The van der Waals surface area contributed by atoms with Gasteiger partial charge in [0.15, 0.2) is 10.9 Å². The third-order valence-electron chi connectivity index (χ3n) is 4.20. The molecule has 0 radical (unpaired) electrons. The first-order chi connectivity index (χ1) is 14.9. The van der Waals surface area contributed by atoms with E-state index in [-0.39, 0.29) is 22.7 Å². The Bertz CT molecular complexity index is 1150. The molecule has 0 saturated heterocycles. The number of halogens is 1. The van der Waals surface area contributed by atoms with Gasteiger partial charge < -0.3 is 10.6 Å². The van der Waals surface area contributed by atoms with Gasteiger partial charge >= 0.3 is 0 Å². The minimum absolute atomic E-state index is 0.0763. The normalized spacial score (nSPS) is 11.6. The number of thioether (sulfide) groups is 1. The number of rotatable bonds is 7. The highest BCUT2D eigenvalue weighted by molar-refractivity contribution is 8.00. The Hall–Kier alpha value is -3.17. The maximum absolute atomic E-state index is 12.6. The topological polar surface area (TPSA) is 117 Å². The van der Waals surface area contributed by atoms with Gasteiger partial charge in [0.1, 0.15) is 0 Å². The van der Waals surface area contributed by atoms with Crippen LogP contribution in [0.5, 0.6) is 0 Å². The Morgan fingerprint density at radius 3 is 2.45 bits per heavy atom. The van der Waals surface area contributed by atoms with Gasteiger partial charge in [0, 0.05) is 23.2 Å². The highest BCUT2D eigenvalue weighted by Crippen LogP contribution is 2.26. The Morgan fingerprint density at radius 1 is 1.10 bits per heavy atom. The lowest BCUT2D eigenvalue weighted by atomic mass is 10.1. The summed E-state index contributed by atoms with van der Waals surface area (Å²) < 4.78 is 0. The van der Waals surface area contributed by atoms with Gasteiger partial charge in [-0.05, 0) is 36.8 Å². The molecule has 1 atom stereocenters. The van der Waals surface area contributed by atoms with Gasteiger partial charge in [0.25, 0.3) is 5.56 Å². The summed E-state index contributed by atoms with van der Waals surface area (Å²) in [5.74, 6) is -0.487. The zero-order valence-electron chi connectivity index (χ0n) is 16.8. The molecule has 10 heteroatoms. The highest BCUT2D eigenvalue weighted by atomic mass is 35.5. The molecule has 0 aliphatic heterocycles. The molecule has 0 aliphatic rings. The standard InChI is InChI=1S/C21H20ClN5O3S/c1-3-17(19(29)24-14-10-8-13(22)9-11-14)31-21-25-20(30)18(26-27-21)15-6-4-5-7-16(15)23-12(2)28/h4-11,17H,3H2,1-2H3,(H,23,28)(H,24,29)(H,25,27,30)/t17-/m0/s1. The maximum atomic E-state index is 12.6. The van der Waals surface area contributed by atoms with Crippen LogP contribution in [0.4, 0.5) is 11.4 Å². The number of aromatic amines is 1. The van der Waals surface area contributed by atoms with Crippen molar-refractivity contribution in [3.05, 3.63) is 63.9 Å². The molecular weight excluding hydrogens is 438 g/mol.